The standard InChI is InChI=1S/C20H22N2O5/c1-20(2,26)17(19(25)22-27)21-18(24)14-9-7-13(8-10-14)5-3-4-6-15-11-16(15)12-23/h7-10,15-17,23,26-27H,11-12H2,1-2H3,(H,21,24)(H,22,25)/t15-,16+,17-/m1/s1. The second kappa shape index (κ2) is 8.70. The minimum absolute atomic E-state index is 0.157. The normalized spacial score (nSPS) is 18.9. The fraction of sp³-hybridized carbons (Fsp3) is 0.400. The Morgan fingerprint density at radius 1 is 1.26 bits per heavy atom. The van der Waals surface area contributed by atoms with Crippen molar-refractivity contribution in [2.75, 3.05) is 6.61 Å². The molecule has 1 aliphatic carbocycles. The maximum atomic E-state index is 12.3. The second-order valence-corrected chi connectivity index (χ2v) is 6.92. The molecule has 5 N–H and O–H groups in total. The topological polar surface area (TPSA) is 119 Å². The van der Waals surface area contributed by atoms with Gasteiger partial charge < -0.3 is 15.5 Å². The van der Waals surface area contributed by atoms with Gasteiger partial charge >= 0.3 is 0 Å². The number of aliphatic hydroxyl groups excluding tert-OH is 1. The largest absolute Gasteiger partial charge is 0.396 e. The number of nitrogens with one attached hydrogen (secondary N) is 2. The SMILES string of the molecule is CC(C)(O)[C@H](NC(=O)c1ccc(C#CC#C[C@@H]2C[C@H]2CO)cc1)C(=O)NO. The van der Waals surface area contributed by atoms with Crippen molar-refractivity contribution in [2.45, 2.75) is 31.9 Å². The van der Waals surface area contributed by atoms with Crippen molar-refractivity contribution in [3.8, 4) is 23.7 Å². The van der Waals surface area contributed by atoms with E-state index >= 15 is 0 Å². The van der Waals surface area contributed by atoms with Crippen LogP contribution in [-0.2, 0) is 4.79 Å². The van der Waals surface area contributed by atoms with E-state index in [1.54, 1.807) is 12.1 Å². The highest BCUT2D eigenvalue weighted by molar-refractivity contribution is 5.97. The van der Waals surface area contributed by atoms with Crippen molar-refractivity contribution >= 4 is 11.8 Å². The number of aliphatic hydroxyl groups is 2. The van der Waals surface area contributed by atoms with Crippen molar-refractivity contribution in [1.29, 1.82) is 0 Å². The molecule has 1 saturated carbocycles. The minimum Gasteiger partial charge on any atom is -0.396 e. The van der Waals surface area contributed by atoms with Gasteiger partial charge in [-0.1, -0.05) is 11.8 Å². The molecule has 3 atom stereocenters. The summed E-state index contributed by atoms with van der Waals surface area (Å²) < 4.78 is 0. The summed E-state index contributed by atoms with van der Waals surface area (Å²) in [6.45, 7) is 2.85. The van der Waals surface area contributed by atoms with Gasteiger partial charge in [-0.05, 0) is 62.3 Å². The molecule has 0 heterocycles. The van der Waals surface area contributed by atoms with Gasteiger partial charge in [-0.3, -0.25) is 14.8 Å². The highest BCUT2D eigenvalue weighted by atomic mass is 16.5. The van der Waals surface area contributed by atoms with Crippen LogP contribution in [0.25, 0.3) is 0 Å². The Morgan fingerprint density at radius 2 is 1.93 bits per heavy atom. The Bertz CT molecular complexity index is 818. The molecule has 2 rings (SSSR count). The molecule has 0 bridgehead atoms. The predicted octanol–water partition coefficient (Wildman–Crippen LogP) is 0.0446. The Labute approximate surface area is 157 Å². The highest BCUT2D eigenvalue weighted by Crippen LogP contribution is 2.36. The highest BCUT2D eigenvalue weighted by Gasteiger charge is 2.35. The van der Waals surface area contributed by atoms with E-state index in [2.05, 4.69) is 29.0 Å². The van der Waals surface area contributed by atoms with E-state index in [1.165, 1.54) is 31.5 Å². The van der Waals surface area contributed by atoms with Crippen LogP contribution in [0.5, 0.6) is 0 Å². The van der Waals surface area contributed by atoms with Crippen LogP contribution in [0.2, 0.25) is 0 Å². The number of carbonyl (C=O) groups excluding carboxylic acids is 2. The predicted molar refractivity (Wildman–Crippen MR) is 97.3 cm³/mol. The number of carbonyl (C=O) groups is 2. The monoisotopic (exact) mass is 370 g/mol. The molecule has 27 heavy (non-hydrogen) atoms. The van der Waals surface area contributed by atoms with Crippen molar-refractivity contribution in [2.24, 2.45) is 11.8 Å². The Balaban J connectivity index is 2.00. The number of amides is 2. The third kappa shape index (κ3) is 5.83. The van der Waals surface area contributed by atoms with E-state index in [4.69, 9.17) is 10.3 Å². The van der Waals surface area contributed by atoms with E-state index in [1.807, 2.05) is 0 Å². The van der Waals surface area contributed by atoms with Gasteiger partial charge in [0, 0.05) is 23.7 Å². The van der Waals surface area contributed by atoms with Crippen molar-refractivity contribution in [3.63, 3.8) is 0 Å². The van der Waals surface area contributed by atoms with E-state index in [9.17, 15) is 14.7 Å². The van der Waals surface area contributed by atoms with Crippen LogP contribution in [0.4, 0.5) is 0 Å². The summed E-state index contributed by atoms with van der Waals surface area (Å²) in [5.74, 6) is 10.4. The first kappa shape index (κ1) is 20.5. The molecule has 0 radical (unpaired) electrons. The van der Waals surface area contributed by atoms with Crippen LogP contribution in [0.3, 0.4) is 0 Å². The Kier molecular flexibility index (Phi) is 6.59. The first-order chi connectivity index (χ1) is 12.8. The molecule has 7 heteroatoms. The van der Waals surface area contributed by atoms with Crippen LogP contribution in [0.15, 0.2) is 24.3 Å². The van der Waals surface area contributed by atoms with Crippen LogP contribution >= 0.6 is 0 Å². The van der Waals surface area contributed by atoms with Crippen LogP contribution in [-0.4, -0.2) is 45.5 Å². The third-order valence-corrected chi connectivity index (χ3v) is 4.19. The molecule has 0 aliphatic heterocycles. The molecular formula is C20H22N2O5. The lowest BCUT2D eigenvalue weighted by atomic mass is 9.97. The molecule has 0 spiro atoms. The number of hydrogen-bond donors (Lipinski definition) is 5. The summed E-state index contributed by atoms with van der Waals surface area (Å²) in [6.07, 6.45) is 0.912. The van der Waals surface area contributed by atoms with Gasteiger partial charge in [0.1, 0.15) is 6.04 Å². The van der Waals surface area contributed by atoms with Gasteiger partial charge in [0.15, 0.2) is 0 Å². The number of benzene rings is 1. The molecule has 1 aromatic rings. The first-order valence-corrected chi connectivity index (χ1v) is 8.46. The molecule has 142 valence electrons. The zero-order valence-corrected chi connectivity index (χ0v) is 15.1. The zero-order valence-electron chi connectivity index (χ0n) is 15.1. The molecule has 1 aromatic carbocycles. The summed E-state index contributed by atoms with van der Waals surface area (Å²) >= 11 is 0. The smallest absolute Gasteiger partial charge is 0.268 e. The lowest BCUT2D eigenvalue weighted by molar-refractivity contribution is -0.136. The summed E-state index contributed by atoms with van der Waals surface area (Å²) in [5.41, 5.74) is 0.802. The van der Waals surface area contributed by atoms with Gasteiger partial charge in [0.05, 0.1) is 5.60 Å². The first-order valence-electron chi connectivity index (χ1n) is 8.46. The number of rotatable bonds is 5. The molecule has 1 fully saturated rings. The van der Waals surface area contributed by atoms with E-state index < -0.39 is 23.5 Å². The van der Waals surface area contributed by atoms with Gasteiger partial charge in [-0.2, -0.15) is 0 Å². The maximum Gasteiger partial charge on any atom is 0.268 e. The average Bonchev–Trinajstić information content (AvgIpc) is 3.40. The van der Waals surface area contributed by atoms with E-state index in [0.717, 1.165) is 6.42 Å². The van der Waals surface area contributed by atoms with Crippen molar-refractivity contribution in [1.82, 2.24) is 10.8 Å². The summed E-state index contributed by atoms with van der Waals surface area (Å²) in [4.78, 5) is 23.9. The fourth-order valence-corrected chi connectivity index (χ4v) is 2.41. The molecule has 7 nitrogen and oxygen atoms in total. The third-order valence-electron chi connectivity index (χ3n) is 4.19. The Morgan fingerprint density at radius 3 is 2.44 bits per heavy atom. The van der Waals surface area contributed by atoms with Gasteiger partial charge in [-0.25, -0.2) is 5.48 Å². The zero-order chi connectivity index (χ0) is 20.0. The second-order valence-electron chi connectivity index (χ2n) is 6.92. The number of hydrogen-bond acceptors (Lipinski definition) is 5. The minimum atomic E-state index is -1.57. The van der Waals surface area contributed by atoms with Crippen molar-refractivity contribution < 1.29 is 25.0 Å². The maximum absolute atomic E-state index is 12.3. The van der Waals surface area contributed by atoms with Crippen LogP contribution in [0.1, 0.15) is 36.2 Å². The summed E-state index contributed by atoms with van der Waals surface area (Å²) in [6, 6.07) is 5.03. The van der Waals surface area contributed by atoms with E-state index in [-0.39, 0.29) is 24.0 Å². The summed E-state index contributed by atoms with van der Waals surface area (Å²) in [7, 11) is 0. The molecule has 1 aliphatic rings. The molecule has 2 amide bonds. The lowest BCUT2D eigenvalue weighted by Gasteiger charge is -2.28. The molecule has 0 unspecified atom stereocenters. The fourth-order valence-electron chi connectivity index (χ4n) is 2.41. The molecular weight excluding hydrogens is 348 g/mol. The summed E-state index contributed by atoms with van der Waals surface area (Å²) in [5, 5.41) is 30.1. The van der Waals surface area contributed by atoms with Gasteiger partial charge in [0.25, 0.3) is 11.8 Å². The van der Waals surface area contributed by atoms with Crippen LogP contribution < -0.4 is 10.8 Å². The molecule has 0 aromatic heterocycles. The lowest BCUT2D eigenvalue weighted by Crippen LogP contribution is -2.57. The molecule has 0 saturated heterocycles. The van der Waals surface area contributed by atoms with Gasteiger partial charge in [0.2, 0.25) is 0 Å². The van der Waals surface area contributed by atoms with Gasteiger partial charge in [-0.15, -0.1) is 0 Å². The van der Waals surface area contributed by atoms with E-state index in [0.29, 0.717) is 5.56 Å². The number of hydroxylamine groups is 1. The quantitative estimate of drug-likeness (QED) is 0.285. The average molecular weight is 370 g/mol. The van der Waals surface area contributed by atoms with Crippen LogP contribution in [0, 0.1) is 35.5 Å². The Hall–Kier alpha value is -2.84. The van der Waals surface area contributed by atoms with Crippen molar-refractivity contribution in [3.05, 3.63) is 35.4 Å².